The molecule has 2 unspecified atom stereocenters. The van der Waals surface area contributed by atoms with E-state index >= 15 is 0 Å². The van der Waals surface area contributed by atoms with Crippen molar-refractivity contribution in [3.63, 3.8) is 0 Å². The summed E-state index contributed by atoms with van der Waals surface area (Å²) in [6, 6.07) is 2.05. The first-order valence-electron chi connectivity index (χ1n) is 7.78. The molecule has 7 nitrogen and oxygen atoms in total. The first-order valence-corrected chi connectivity index (χ1v) is 7.78. The minimum Gasteiger partial charge on any atom is -0.360 e. The first kappa shape index (κ1) is 15.2. The summed E-state index contributed by atoms with van der Waals surface area (Å²) in [6.45, 7) is 2.51. The van der Waals surface area contributed by atoms with Crippen LogP contribution in [0.2, 0.25) is 0 Å². The number of nitriles is 1. The molecule has 0 aromatic carbocycles. The monoisotopic (exact) mass is 335 g/mol. The molecule has 0 radical (unpaired) electrons. The molecule has 1 aliphatic carbocycles. The number of hydrogen-bond acceptors (Lipinski definition) is 6. The molecule has 1 aliphatic heterocycles. The molecule has 9 heteroatoms. The maximum atomic E-state index is 14.2. The minimum absolute atomic E-state index is 0.101. The van der Waals surface area contributed by atoms with Gasteiger partial charge in [-0.3, -0.25) is 4.68 Å². The highest BCUT2D eigenvalue weighted by Gasteiger charge is 2.85. The average Bonchev–Trinajstić information content (AvgIpc) is 2.98. The van der Waals surface area contributed by atoms with Gasteiger partial charge in [-0.1, -0.05) is 5.16 Å². The van der Waals surface area contributed by atoms with Crippen LogP contribution in [0.15, 0.2) is 10.7 Å². The van der Waals surface area contributed by atoms with Crippen LogP contribution in [0.4, 0.5) is 8.78 Å². The van der Waals surface area contributed by atoms with Crippen LogP contribution in [0.5, 0.6) is 0 Å². The van der Waals surface area contributed by atoms with E-state index in [1.165, 1.54) is 6.20 Å². The van der Waals surface area contributed by atoms with Gasteiger partial charge in [-0.2, -0.15) is 15.3 Å². The highest BCUT2D eigenvalue weighted by atomic mass is 19.3. The zero-order chi connectivity index (χ0) is 16.9. The van der Waals surface area contributed by atoms with Crippen molar-refractivity contribution in [1.29, 1.82) is 5.26 Å². The van der Waals surface area contributed by atoms with Gasteiger partial charge >= 0.3 is 0 Å². The lowest BCUT2D eigenvalue weighted by Crippen LogP contribution is -2.25. The van der Waals surface area contributed by atoms with Crippen molar-refractivity contribution in [3.05, 3.63) is 17.7 Å². The summed E-state index contributed by atoms with van der Waals surface area (Å²) in [5.74, 6) is -3.81. The smallest absolute Gasteiger partial charge is 0.290 e. The van der Waals surface area contributed by atoms with Crippen LogP contribution in [-0.2, 0) is 16.9 Å². The fourth-order valence-corrected chi connectivity index (χ4v) is 3.44. The number of fused-ring (bicyclic) bond motifs is 1. The van der Waals surface area contributed by atoms with Crippen LogP contribution in [0, 0.1) is 24.2 Å². The van der Waals surface area contributed by atoms with Gasteiger partial charge < -0.3 is 9.26 Å². The van der Waals surface area contributed by atoms with Crippen LogP contribution in [0.25, 0.3) is 11.5 Å². The highest BCUT2D eigenvalue weighted by Crippen LogP contribution is 2.70. The van der Waals surface area contributed by atoms with E-state index in [1.807, 2.05) is 6.07 Å². The van der Waals surface area contributed by atoms with Gasteiger partial charge in [0.15, 0.2) is 0 Å². The summed E-state index contributed by atoms with van der Waals surface area (Å²) in [5, 5.41) is 16.6. The zero-order valence-corrected chi connectivity index (χ0v) is 13.0. The minimum atomic E-state index is -2.96. The normalized spacial score (nSPS) is 27.5. The maximum absolute atomic E-state index is 14.2. The molecule has 3 heterocycles. The summed E-state index contributed by atoms with van der Waals surface area (Å²) in [5.41, 5.74) is -0.432. The topological polar surface area (TPSA) is 89.8 Å². The van der Waals surface area contributed by atoms with E-state index < -0.39 is 17.4 Å². The van der Waals surface area contributed by atoms with E-state index in [-0.39, 0.29) is 18.3 Å². The van der Waals surface area contributed by atoms with E-state index in [4.69, 9.17) is 14.5 Å². The fourth-order valence-electron chi connectivity index (χ4n) is 3.44. The number of halogens is 2. The van der Waals surface area contributed by atoms with Crippen molar-refractivity contribution in [1.82, 2.24) is 19.9 Å². The molecule has 24 heavy (non-hydrogen) atoms. The highest BCUT2D eigenvalue weighted by molar-refractivity contribution is 5.55. The molecule has 0 N–H and O–H groups in total. The Morgan fingerprint density at radius 2 is 2.33 bits per heavy atom. The molecule has 2 aromatic heterocycles. The predicted octanol–water partition coefficient (Wildman–Crippen LogP) is 2.43. The molecule has 0 bridgehead atoms. The third-order valence-corrected chi connectivity index (χ3v) is 4.83. The van der Waals surface area contributed by atoms with Crippen LogP contribution in [-0.4, -0.2) is 32.5 Å². The Labute approximate surface area is 136 Å². The summed E-state index contributed by atoms with van der Waals surface area (Å²) >= 11 is 0. The summed E-state index contributed by atoms with van der Waals surface area (Å²) in [7, 11) is 0. The SMILES string of the molecule is Cc1c(-c2nc(C34OCCCC3C4(F)F)no2)cnn1CCC#N. The summed E-state index contributed by atoms with van der Waals surface area (Å²) in [6.07, 6.45) is 2.85. The van der Waals surface area contributed by atoms with Crippen molar-refractivity contribution in [2.75, 3.05) is 6.61 Å². The third-order valence-electron chi connectivity index (χ3n) is 4.83. The van der Waals surface area contributed by atoms with Crippen LogP contribution in [0.1, 0.15) is 30.8 Å². The fraction of sp³-hybridized carbons (Fsp3) is 0.600. The van der Waals surface area contributed by atoms with E-state index in [9.17, 15) is 8.78 Å². The lowest BCUT2D eigenvalue weighted by molar-refractivity contribution is -0.0704. The lowest BCUT2D eigenvalue weighted by Gasteiger charge is -2.17. The van der Waals surface area contributed by atoms with Gasteiger partial charge in [0.25, 0.3) is 11.8 Å². The Kier molecular flexibility index (Phi) is 3.22. The van der Waals surface area contributed by atoms with Crippen LogP contribution >= 0.6 is 0 Å². The standard InChI is InChI=1S/C15H15F2N5O2/c1-9-10(8-19-22(9)6-3-5-18)12-20-13(21-24-12)14-11(15(14,16)17)4-2-7-23-14/h8,11H,2-4,6-7H2,1H3. The average molecular weight is 335 g/mol. The van der Waals surface area contributed by atoms with Gasteiger partial charge in [-0.15, -0.1) is 0 Å². The second-order valence-corrected chi connectivity index (χ2v) is 6.10. The van der Waals surface area contributed by atoms with Crippen molar-refractivity contribution in [2.45, 2.75) is 44.3 Å². The Morgan fingerprint density at radius 3 is 3.08 bits per heavy atom. The molecule has 2 atom stereocenters. The molecule has 0 amide bonds. The predicted molar refractivity (Wildman–Crippen MR) is 75.8 cm³/mol. The first-order chi connectivity index (χ1) is 11.5. The van der Waals surface area contributed by atoms with Crippen LogP contribution < -0.4 is 0 Å². The number of alkyl halides is 2. The Balaban J connectivity index is 1.65. The number of ether oxygens (including phenoxy) is 1. The lowest BCUT2D eigenvalue weighted by atomic mass is 10.1. The quantitative estimate of drug-likeness (QED) is 0.852. The Hall–Kier alpha value is -2.34. The molecule has 1 saturated carbocycles. The van der Waals surface area contributed by atoms with Gasteiger partial charge in [-0.05, 0) is 19.8 Å². The number of aryl methyl sites for hydroxylation is 1. The number of rotatable bonds is 4. The third kappa shape index (κ3) is 1.86. The van der Waals surface area contributed by atoms with Crippen molar-refractivity contribution >= 4 is 0 Å². The van der Waals surface area contributed by atoms with Gasteiger partial charge in [0.2, 0.25) is 11.4 Å². The number of aromatic nitrogens is 4. The second-order valence-electron chi connectivity index (χ2n) is 6.10. The zero-order valence-electron chi connectivity index (χ0n) is 13.0. The number of nitrogens with zero attached hydrogens (tertiary/aromatic N) is 5. The molecule has 2 fully saturated rings. The molecule has 2 aliphatic rings. The van der Waals surface area contributed by atoms with Crippen molar-refractivity contribution in [2.24, 2.45) is 5.92 Å². The number of hydrogen-bond donors (Lipinski definition) is 0. The van der Waals surface area contributed by atoms with Crippen molar-refractivity contribution < 1.29 is 18.0 Å². The van der Waals surface area contributed by atoms with E-state index in [0.717, 1.165) is 5.69 Å². The Bertz CT molecular complexity index is 824. The van der Waals surface area contributed by atoms with E-state index in [0.29, 0.717) is 31.4 Å². The molecular formula is C15H15F2N5O2. The maximum Gasteiger partial charge on any atom is 0.290 e. The molecule has 1 saturated heterocycles. The van der Waals surface area contributed by atoms with Crippen LogP contribution in [0.3, 0.4) is 0 Å². The van der Waals surface area contributed by atoms with Gasteiger partial charge in [0, 0.05) is 12.3 Å². The van der Waals surface area contributed by atoms with Crippen molar-refractivity contribution in [3.8, 4) is 17.5 Å². The molecule has 2 aromatic rings. The molecule has 4 rings (SSSR count). The largest absolute Gasteiger partial charge is 0.360 e. The second kappa shape index (κ2) is 5.08. The van der Waals surface area contributed by atoms with E-state index in [1.54, 1.807) is 11.6 Å². The summed E-state index contributed by atoms with van der Waals surface area (Å²) in [4.78, 5) is 4.17. The summed E-state index contributed by atoms with van der Waals surface area (Å²) < 4.78 is 40.6. The Morgan fingerprint density at radius 1 is 1.50 bits per heavy atom. The van der Waals surface area contributed by atoms with Gasteiger partial charge in [-0.25, -0.2) is 8.78 Å². The van der Waals surface area contributed by atoms with Gasteiger partial charge in [0.05, 0.1) is 36.7 Å². The molecule has 126 valence electrons. The molecule has 0 spiro atoms. The van der Waals surface area contributed by atoms with E-state index in [2.05, 4.69) is 15.2 Å². The van der Waals surface area contributed by atoms with Gasteiger partial charge in [0.1, 0.15) is 0 Å². The molecular weight excluding hydrogens is 320 g/mol.